The van der Waals surface area contributed by atoms with Gasteiger partial charge >= 0.3 is 5.97 Å². The summed E-state index contributed by atoms with van der Waals surface area (Å²) in [5.41, 5.74) is -0.727. The van der Waals surface area contributed by atoms with Crippen LogP contribution in [0.25, 0.3) is 0 Å². The predicted octanol–water partition coefficient (Wildman–Crippen LogP) is 1.62. The lowest BCUT2D eigenvalue weighted by molar-refractivity contribution is -0.152. The van der Waals surface area contributed by atoms with E-state index in [0.717, 1.165) is 0 Å². The summed E-state index contributed by atoms with van der Waals surface area (Å²) in [6, 6.07) is 5.80. The Morgan fingerprint density at radius 1 is 1.24 bits per heavy atom. The number of hydrogen-bond acceptors (Lipinski definition) is 4. The number of carboxylic acids is 1. The first-order valence-electron chi connectivity index (χ1n) is 8.16. The van der Waals surface area contributed by atoms with Gasteiger partial charge in [-0.1, -0.05) is 0 Å². The minimum Gasteiger partial charge on any atom is -0.497 e. The molecular weight excluding hydrogens is 324 g/mol. The number of aliphatic carboxylic acids is 1. The molecule has 0 aliphatic carbocycles. The third kappa shape index (κ3) is 3.60. The molecule has 1 atom stereocenters. The molecule has 0 bridgehead atoms. The molecule has 1 fully saturated rings. The highest BCUT2D eigenvalue weighted by molar-refractivity contribution is 5.99. The van der Waals surface area contributed by atoms with E-state index in [1.54, 1.807) is 52.3 Å². The Morgan fingerprint density at radius 3 is 2.36 bits per heavy atom. The average Bonchev–Trinajstić information content (AvgIpc) is 3.09. The molecule has 1 aromatic carbocycles. The molecule has 1 heterocycles. The van der Waals surface area contributed by atoms with Crippen molar-refractivity contribution in [2.75, 3.05) is 20.7 Å². The standard InChI is InChI=1S/C18H24N2O5/c1-18(2,17(24)20-11-5-6-14(20)16(22)23)19(3)15(21)12-7-9-13(25-4)10-8-12/h7-10,14H,5-6,11H2,1-4H3,(H,22,23)/t14-/m0/s1. The second kappa shape index (κ2) is 7.13. The first-order chi connectivity index (χ1) is 11.7. The topological polar surface area (TPSA) is 87.2 Å². The van der Waals surface area contributed by atoms with Crippen LogP contribution in [-0.2, 0) is 9.59 Å². The van der Waals surface area contributed by atoms with Gasteiger partial charge in [0, 0.05) is 19.2 Å². The van der Waals surface area contributed by atoms with Crippen LogP contribution in [-0.4, -0.2) is 65.0 Å². The van der Waals surface area contributed by atoms with E-state index in [-0.39, 0.29) is 11.8 Å². The van der Waals surface area contributed by atoms with E-state index < -0.39 is 17.6 Å². The lowest BCUT2D eigenvalue weighted by Gasteiger charge is -2.38. The predicted molar refractivity (Wildman–Crippen MR) is 91.5 cm³/mol. The van der Waals surface area contributed by atoms with E-state index in [9.17, 15) is 19.5 Å². The second-order valence-corrected chi connectivity index (χ2v) is 6.65. The van der Waals surface area contributed by atoms with Gasteiger partial charge in [-0.25, -0.2) is 4.79 Å². The quantitative estimate of drug-likeness (QED) is 0.874. The lowest BCUT2D eigenvalue weighted by Crippen LogP contribution is -2.58. The maximum Gasteiger partial charge on any atom is 0.326 e. The van der Waals surface area contributed by atoms with Crippen molar-refractivity contribution < 1.29 is 24.2 Å². The number of nitrogens with zero attached hydrogens (tertiary/aromatic N) is 2. The first kappa shape index (κ1) is 18.8. The molecule has 2 rings (SSSR count). The molecule has 0 aromatic heterocycles. The van der Waals surface area contributed by atoms with Crippen LogP contribution >= 0.6 is 0 Å². The summed E-state index contributed by atoms with van der Waals surface area (Å²) in [5.74, 6) is -1.05. The van der Waals surface area contributed by atoms with Crippen LogP contribution in [0, 0.1) is 0 Å². The Labute approximate surface area is 147 Å². The van der Waals surface area contributed by atoms with E-state index in [1.807, 2.05) is 0 Å². The van der Waals surface area contributed by atoms with Crippen molar-refractivity contribution in [3.8, 4) is 5.75 Å². The Kier molecular flexibility index (Phi) is 5.35. The molecular formula is C18H24N2O5. The van der Waals surface area contributed by atoms with E-state index in [0.29, 0.717) is 30.7 Å². The number of methoxy groups -OCH3 is 1. The number of carbonyl (C=O) groups is 3. The highest BCUT2D eigenvalue weighted by atomic mass is 16.5. The molecule has 0 radical (unpaired) electrons. The van der Waals surface area contributed by atoms with Crippen LogP contribution in [0.15, 0.2) is 24.3 Å². The fourth-order valence-electron chi connectivity index (χ4n) is 2.94. The number of benzene rings is 1. The number of carbonyl (C=O) groups excluding carboxylic acids is 2. The zero-order valence-corrected chi connectivity index (χ0v) is 15.0. The molecule has 1 N–H and O–H groups in total. The monoisotopic (exact) mass is 348 g/mol. The third-order valence-electron chi connectivity index (χ3n) is 4.80. The van der Waals surface area contributed by atoms with Crippen molar-refractivity contribution in [3.05, 3.63) is 29.8 Å². The SMILES string of the molecule is COc1ccc(C(=O)N(C)C(C)(C)C(=O)N2CCC[C@H]2C(=O)O)cc1. The van der Waals surface area contributed by atoms with Crippen LogP contribution < -0.4 is 4.74 Å². The largest absolute Gasteiger partial charge is 0.497 e. The molecule has 1 aliphatic heterocycles. The van der Waals surface area contributed by atoms with E-state index >= 15 is 0 Å². The minimum atomic E-state index is -1.16. The highest BCUT2D eigenvalue weighted by Crippen LogP contribution is 2.26. The molecule has 2 amide bonds. The molecule has 0 unspecified atom stereocenters. The van der Waals surface area contributed by atoms with Gasteiger partial charge in [-0.15, -0.1) is 0 Å². The summed E-state index contributed by atoms with van der Waals surface area (Å²) in [5, 5.41) is 9.29. The van der Waals surface area contributed by atoms with E-state index in [4.69, 9.17) is 4.74 Å². The maximum absolute atomic E-state index is 12.9. The molecule has 1 saturated heterocycles. The van der Waals surface area contributed by atoms with Gasteiger partial charge < -0.3 is 19.6 Å². The van der Waals surface area contributed by atoms with Gasteiger partial charge in [-0.05, 0) is 51.0 Å². The number of hydrogen-bond donors (Lipinski definition) is 1. The number of carboxylic acid groups (broad SMARTS) is 1. The van der Waals surface area contributed by atoms with Crippen LogP contribution in [0.5, 0.6) is 5.75 Å². The number of likely N-dealkylation sites (N-methyl/N-ethyl adjacent to an activating group) is 1. The summed E-state index contributed by atoms with van der Waals surface area (Å²) in [6.07, 6.45) is 1.09. The molecule has 1 aromatic rings. The van der Waals surface area contributed by atoms with Crippen molar-refractivity contribution in [2.45, 2.75) is 38.3 Å². The van der Waals surface area contributed by atoms with Gasteiger partial charge in [0.2, 0.25) is 5.91 Å². The van der Waals surface area contributed by atoms with Crippen molar-refractivity contribution in [1.82, 2.24) is 9.80 Å². The van der Waals surface area contributed by atoms with Crippen LogP contribution in [0.1, 0.15) is 37.0 Å². The van der Waals surface area contributed by atoms with E-state index in [1.165, 1.54) is 9.80 Å². The Morgan fingerprint density at radius 2 is 1.84 bits per heavy atom. The summed E-state index contributed by atoms with van der Waals surface area (Å²) in [4.78, 5) is 39.7. The van der Waals surface area contributed by atoms with Gasteiger partial charge in [0.05, 0.1) is 7.11 Å². The highest BCUT2D eigenvalue weighted by Gasteiger charge is 2.44. The van der Waals surface area contributed by atoms with Crippen molar-refractivity contribution >= 4 is 17.8 Å². The number of likely N-dealkylation sites (tertiary alicyclic amines) is 1. The zero-order chi connectivity index (χ0) is 18.8. The molecule has 25 heavy (non-hydrogen) atoms. The Balaban J connectivity index is 2.20. The number of ether oxygens (including phenoxy) is 1. The van der Waals surface area contributed by atoms with Crippen molar-refractivity contribution in [1.29, 1.82) is 0 Å². The average molecular weight is 348 g/mol. The first-order valence-corrected chi connectivity index (χ1v) is 8.16. The molecule has 136 valence electrons. The van der Waals surface area contributed by atoms with Crippen LogP contribution in [0.3, 0.4) is 0 Å². The van der Waals surface area contributed by atoms with Gasteiger partial charge in [-0.3, -0.25) is 9.59 Å². The van der Waals surface area contributed by atoms with Crippen molar-refractivity contribution in [3.63, 3.8) is 0 Å². The third-order valence-corrected chi connectivity index (χ3v) is 4.80. The smallest absolute Gasteiger partial charge is 0.326 e. The molecule has 7 heteroatoms. The summed E-state index contributed by atoms with van der Waals surface area (Å²) >= 11 is 0. The fourth-order valence-corrected chi connectivity index (χ4v) is 2.94. The summed E-state index contributed by atoms with van der Waals surface area (Å²) < 4.78 is 5.08. The molecule has 0 saturated carbocycles. The minimum absolute atomic E-state index is 0.313. The summed E-state index contributed by atoms with van der Waals surface area (Å²) in [7, 11) is 3.09. The zero-order valence-electron chi connectivity index (χ0n) is 15.0. The van der Waals surface area contributed by atoms with Gasteiger partial charge in [0.15, 0.2) is 0 Å². The molecule has 0 spiro atoms. The lowest BCUT2D eigenvalue weighted by atomic mass is 9.99. The number of rotatable bonds is 5. The number of amides is 2. The van der Waals surface area contributed by atoms with Gasteiger partial charge in [0.25, 0.3) is 5.91 Å². The fraction of sp³-hybridized carbons (Fsp3) is 0.500. The maximum atomic E-state index is 12.9. The molecule has 7 nitrogen and oxygen atoms in total. The van der Waals surface area contributed by atoms with Crippen molar-refractivity contribution in [2.24, 2.45) is 0 Å². The van der Waals surface area contributed by atoms with Crippen LogP contribution in [0.2, 0.25) is 0 Å². The van der Waals surface area contributed by atoms with Gasteiger partial charge in [0.1, 0.15) is 17.3 Å². The van der Waals surface area contributed by atoms with E-state index in [2.05, 4.69) is 0 Å². The second-order valence-electron chi connectivity index (χ2n) is 6.65. The summed E-state index contributed by atoms with van der Waals surface area (Å²) in [6.45, 7) is 3.66. The molecule has 1 aliphatic rings. The Hall–Kier alpha value is -2.57. The van der Waals surface area contributed by atoms with Crippen LogP contribution in [0.4, 0.5) is 0 Å². The van der Waals surface area contributed by atoms with Gasteiger partial charge in [-0.2, -0.15) is 0 Å². The normalized spacial score (nSPS) is 17.3. The Bertz CT molecular complexity index is 669.